The Bertz CT molecular complexity index is 319. The third kappa shape index (κ3) is 3.81. The molecule has 1 aliphatic carbocycles. The maximum absolute atomic E-state index is 6.41. The molecule has 0 aliphatic heterocycles. The molecule has 2 atom stereocenters. The van der Waals surface area contributed by atoms with Crippen molar-refractivity contribution in [3.8, 4) is 0 Å². The van der Waals surface area contributed by atoms with Crippen LogP contribution in [0.15, 0.2) is 16.8 Å². The maximum atomic E-state index is 6.41. The van der Waals surface area contributed by atoms with Crippen LogP contribution >= 0.6 is 11.3 Å². The molecule has 0 aromatic carbocycles. The summed E-state index contributed by atoms with van der Waals surface area (Å²) in [6.07, 6.45) is 7.86. The molecule has 1 aromatic heterocycles. The van der Waals surface area contributed by atoms with Crippen LogP contribution in [0.5, 0.6) is 0 Å². The van der Waals surface area contributed by atoms with Gasteiger partial charge in [0.1, 0.15) is 0 Å². The lowest BCUT2D eigenvalue weighted by Crippen LogP contribution is -2.44. The molecule has 0 radical (unpaired) electrons. The summed E-state index contributed by atoms with van der Waals surface area (Å²) in [5, 5.41) is 4.32. The summed E-state index contributed by atoms with van der Waals surface area (Å²) in [4.78, 5) is 0. The second-order valence-electron chi connectivity index (χ2n) is 5.32. The highest BCUT2D eigenvalue weighted by Crippen LogP contribution is 2.30. The van der Waals surface area contributed by atoms with Crippen molar-refractivity contribution >= 4 is 11.3 Å². The van der Waals surface area contributed by atoms with Crippen LogP contribution in [0, 0.1) is 5.92 Å². The monoisotopic (exact) mass is 267 g/mol. The Morgan fingerprint density at radius 3 is 2.78 bits per heavy atom. The molecule has 2 unspecified atom stereocenters. The molecule has 0 bridgehead atoms. The Hall–Kier alpha value is -0.380. The average Bonchev–Trinajstić information content (AvgIpc) is 2.89. The van der Waals surface area contributed by atoms with Crippen LogP contribution in [0.4, 0.5) is 0 Å². The van der Waals surface area contributed by atoms with E-state index in [2.05, 4.69) is 23.8 Å². The molecule has 1 heterocycles. The summed E-state index contributed by atoms with van der Waals surface area (Å²) in [6, 6.07) is 2.32. The zero-order chi connectivity index (χ0) is 12.8. The van der Waals surface area contributed by atoms with Crippen molar-refractivity contribution in [3.05, 3.63) is 22.4 Å². The Labute approximate surface area is 115 Å². The highest BCUT2D eigenvalue weighted by Gasteiger charge is 2.29. The first-order valence-corrected chi connectivity index (χ1v) is 8.13. The maximum Gasteiger partial charge on any atom is 0.0757 e. The molecular formula is C15H25NOS. The van der Waals surface area contributed by atoms with Gasteiger partial charge in [0.2, 0.25) is 0 Å². The molecule has 18 heavy (non-hydrogen) atoms. The third-order valence-corrected chi connectivity index (χ3v) is 4.68. The highest BCUT2D eigenvalue weighted by molar-refractivity contribution is 7.07. The molecule has 0 amide bonds. The first-order valence-electron chi connectivity index (χ1n) is 7.19. The van der Waals surface area contributed by atoms with Crippen molar-refractivity contribution in [1.29, 1.82) is 0 Å². The first kappa shape index (κ1) is 14.0. The molecule has 1 aliphatic rings. The summed E-state index contributed by atoms with van der Waals surface area (Å²) >= 11 is 1.75. The number of hydrogen-bond donors (Lipinski definition) is 1. The van der Waals surface area contributed by atoms with E-state index < -0.39 is 0 Å². The fraction of sp³-hybridized carbons (Fsp3) is 0.733. The minimum atomic E-state index is 0.141. The lowest BCUT2D eigenvalue weighted by atomic mass is 9.81. The Kier molecular flexibility index (Phi) is 5.67. The van der Waals surface area contributed by atoms with E-state index in [4.69, 9.17) is 10.5 Å². The SMILES string of the molecule is CCOC(C(N)Cc1ccsc1)C1CCCCC1. The lowest BCUT2D eigenvalue weighted by Gasteiger charge is -2.33. The van der Waals surface area contributed by atoms with Gasteiger partial charge in [-0.3, -0.25) is 0 Å². The molecule has 2 nitrogen and oxygen atoms in total. The molecule has 0 spiro atoms. The van der Waals surface area contributed by atoms with Gasteiger partial charge in [0.25, 0.3) is 0 Å². The van der Waals surface area contributed by atoms with Crippen molar-refractivity contribution in [2.75, 3.05) is 6.61 Å². The van der Waals surface area contributed by atoms with E-state index in [-0.39, 0.29) is 12.1 Å². The van der Waals surface area contributed by atoms with Crippen molar-refractivity contribution in [3.63, 3.8) is 0 Å². The van der Waals surface area contributed by atoms with Gasteiger partial charge >= 0.3 is 0 Å². The largest absolute Gasteiger partial charge is 0.377 e. The molecule has 1 saturated carbocycles. The standard InChI is InChI=1S/C15H25NOS/c1-2-17-15(13-6-4-3-5-7-13)14(16)10-12-8-9-18-11-12/h8-9,11,13-15H,2-7,10,16H2,1H3. The van der Waals surface area contributed by atoms with Gasteiger partial charge in [-0.2, -0.15) is 11.3 Å². The minimum Gasteiger partial charge on any atom is -0.377 e. The van der Waals surface area contributed by atoms with E-state index in [0.29, 0.717) is 5.92 Å². The van der Waals surface area contributed by atoms with Gasteiger partial charge in [-0.05, 0) is 54.5 Å². The van der Waals surface area contributed by atoms with E-state index in [1.807, 2.05) is 0 Å². The number of ether oxygens (including phenoxy) is 1. The molecule has 3 heteroatoms. The second-order valence-corrected chi connectivity index (χ2v) is 6.10. The molecule has 102 valence electrons. The summed E-state index contributed by atoms with van der Waals surface area (Å²) in [7, 11) is 0. The third-order valence-electron chi connectivity index (χ3n) is 3.95. The quantitative estimate of drug-likeness (QED) is 0.854. The zero-order valence-electron chi connectivity index (χ0n) is 11.3. The van der Waals surface area contributed by atoms with Gasteiger partial charge in [0, 0.05) is 12.6 Å². The van der Waals surface area contributed by atoms with Crippen molar-refractivity contribution in [1.82, 2.24) is 0 Å². The summed E-state index contributed by atoms with van der Waals surface area (Å²) in [5.41, 5.74) is 7.76. The Morgan fingerprint density at radius 1 is 1.39 bits per heavy atom. The predicted molar refractivity (Wildman–Crippen MR) is 78.0 cm³/mol. The van der Waals surface area contributed by atoms with Crippen molar-refractivity contribution < 1.29 is 4.74 Å². The topological polar surface area (TPSA) is 35.2 Å². The van der Waals surface area contributed by atoms with Gasteiger partial charge < -0.3 is 10.5 Å². The van der Waals surface area contributed by atoms with Gasteiger partial charge in [0.15, 0.2) is 0 Å². The van der Waals surface area contributed by atoms with Gasteiger partial charge in [-0.1, -0.05) is 19.3 Å². The van der Waals surface area contributed by atoms with E-state index in [1.54, 1.807) is 11.3 Å². The number of hydrogen-bond acceptors (Lipinski definition) is 3. The number of nitrogens with two attached hydrogens (primary N) is 1. The van der Waals surface area contributed by atoms with Gasteiger partial charge in [0.05, 0.1) is 6.10 Å². The smallest absolute Gasteiger partial charge is 0.0757 e. The van der Waals surface area contributed by atoms with Crippen LogP contribution in [0.3, 0.4) is 0 Å². The molecule has 2 N–H and O–H groups in total. The van der Waals surface area contributed by atoms with Crippen LogP contribution in [-0.4, -0.2) is 18.8 Å². The van der Waals surface area contributed by atoms with Gasteiger partial charge in [-0.25, -0.2) is 0 Å². The number of thiophene rings is 1. The van der Waals surface area contributed by atoms with Crippen LogP contribution < -0.4 is 5.73 Å². The van der Waals surface area contributed by atoms with E-state index in [1.165, 1.54) is 37.7 Å². The number of rotatable bonds is 6. The van der Waals surface area contributed by atoms with Gasteiger partial charge in [-0.15, -0.1) is 0 Å². The van der Waals surface area contributed by atoms with Crippen molar-refractivity contribution in [2.24, 2.45) is 11.7 Å². The van der Waals surface area contributed by atoms with Crippen LogP contribution in [0.1, 0.15) is 44.6 Å². The fourth-order valence-corrected chi connectivity index (χ4v) is 3.74. The van der Waals surface area contributed by atoms with E-state index >= 15 is 0 Å². The normalized spacial score (nSPS) is 20.8. The molecule has 0 saturated heterocycles. The summed E-state index contributed by atoms with van der Waals surface area (Å²) in [6.45, 7) is 2.85. The Balaban J connectivity index is 1.94. The van der Waals surface area contributed by atoms with Crippen LogP contribution in [0.2, 0.25) is 0 Å². The molecular weight excluding hydrogens is 242 g/mol. The lowest BCUT2D eigenvalue weighted by molar-refractivity contribution is -0.00910. The Morgan fingerprint density at radius 2 is 2.17 bits per heavy atom. The highest BCUT2D eigenvalue weighted by atomic mass is 32.1. The van der Waals surface area contributed by atoms with Crippen LogP contribution in [0.25, 0.3) is 0 Å². The first-order chi connectivity index (χ1) is 8.81. The molecule has 1 aromatic rings. The molecule has 1 fully saturated rings. The summed E-state index contributed by atoms with van der Waals surface area (Å²) < 4.78 is 5.97. The molecule has 2 rings (SSSR count). The van der Waals surface area contributed by atoms with Crippen molar-refractivity contribution in [2.45, 2.75) is 57.6 Å². The van der Waals surface area contributed by atoms with Crippen LogP contribution in [-0.2, 0) is 11.2 Å². The fourth-order valence-electron chi connectivity index (χ4n) is 3.06. The van der Waals surface area contributed by atoms with E-state index in [0.717, 1.165) is 13.0 Å². The zero-order valence-corrected chi connectivity index (χ0v) is 12.1. The predicted octanol–water partition coefficient (Wildman–Crippen LogP) is 3.60. The van der Waals surface area contributed by atoms with E-state index in [9.17, 15) is 0 Å². The second kappa shape index (κ2) is 7.27. The minimum absolute atomic E-state index is 0.141. The average molecular weight is 267 g/mol. The summed E-state index contributed by atoms with van der Waals surface area (Å²) in [5.74, 6) is 0.673.